The number of carbonyl (C=O) groups is 2. The SMILES string of the molecule is O=COC(=O)Nc1ccccc1. The summed E-state index contributed by atoms with van der Waals surface area (Å²) >= 11 is 0. The van der Waals surface area contributed by atoms with Crippen LogP contribution in [-0.4, -0.2) is 12.6 Å². The van der Waals surface area contributed by atoms with Gasteiger partial charge in [-0.3, -0.25) is 10.1 Å². The van der Waals surface area contributed by atoms with Crippen LogP contribution >= 0.6 is 0 Å². The molecule has 12 heavy (non-hydrogen) atoms. The number of carbonyl (C=O) groups excluding carboxylic acids is 2. The Kier molecular flexibility index (Phi) is 2.84. The van der Waals surface area contributed by atoms with Crippen molar-refractivity contribution in [2.75, 3.05) is 5.32 Å². The Labute approximate surface area is 69.1 Å². The highest BCUT2D eigenvalue weighted by atomic mass is 16.6. The van der Waals surface area contributed by atoms with Crippen LogP contribution in [0.5, 0.6) is 0 Å². The summed E-state index contributed by atoms with van der Waals surface area (Å²) in [6, 6.07) is 8.71. The third kappa shape index (κ3) is 2.42. The second-order valence-electron chi connectivity index (χ2n) is 1.99. The Morgan fingerprint density at radius 2 is 2.00 bits per heavy atom. The molecule has 0 aliphatic heterocycles. The molecule has 0 bridgehead atoms. The molecule has 0 aliphatic carbocycles. The zero-order chi connectivity index (χ0) is 8.81. The van der Waals surface area contributed by atoms with E-state index < -0.39 is 6.09 Å². The van der Waals surface area contributed by atoms with E-state index in [9.17, 15) is 9.59 Å². The number of hydrogen-bond acceptors (Lipinski definition) is 3. The quantitative estimate of drug-likeness (QED) is 0.532. The average Bonchev–Trinajstić information content (AvgIpc) is 2.06. The largest absolute Gasteiger partial charge is 0.419 e. The van der Waals surface area contributed by atoms with Crippen molar-refractivity contribution in [3.8, 4) is 0 Å². The molecule has 4 nitrogen and oxygen atoms in total. The molecule has 1 aromatic rings. The van der Waals surface area contributed by atoms with E-state index in [4.69, 9.17) is 0 Å². The molecule has 1 aromatic carbocycles. The molecule has 1 rings (SSSR count). The summed E-state index contributed by atoms with van der Waals surface area (Å²) in [4.78, 5) is 20.4. The van der Waals surface area contributed by atoms with Crippen LogP contribution < -0.4 is 5.32 Å². The molecule has 0 aliphatic rings. The topological polar surface area (TPSA) is 55.4 Å². The zero-order valence-electron chi connectivity index (χ0n) is 6.19. The number of anilines is 1. The first-order valence-corrected chi connectivity index (χ1v) is 3.29. The number of amides is 1. The Hall–Kier alpha value is -1.84. The van der Waals surface area contributed by atoms with E-state index in [2.05, 4.69) is 10.1 Å². The van der Waals surface area contributed by atoms with E-state index in [-0.39, 0.29) is 6.47 Å². The molecule has 62 valence electrons. The molecule has 4 heteroatoms. The summed E-state index contributed by atoms with van der Waals surface area (Å²) < 4.78 is 4.02. The van der Waals surface area contributed by atoms with Crippen LogP contribution in [0.15, 0.2) is 30.3 Å². The van der Waals surface area contributed by atoms with Crippen LogP contribution in [0.25, 0.3) is 0 Å². The molecule has 0 radical (unpaired) electrons. The van der Waals surface area contributed by atoms with Crippen molar-refractivity contribution in [1.82, 2.24) is 0 Å². The van der Waals surface area contributed by atoms with Gasteiger partial charge in [0.05, 0.1) is 0 Å². The van der Waals surface area contributed by atoms with Crippen LogP contribution in [0.3, 0.4) is 0 Å². The fraction of sp³-hybridized carbons (Fsp3) is 0. The molecule has 0 atom stereocenters. The van der Waals surface area contributed by atoms with E-state index in [0.717, 1.165) is 0 Å². The van der Waals surface area contributed by atoms with E-state index in [1.54, 1.807) is 24.3 Å². The number of hydrogen-bond donors (Lipinski definition) is 1. The van der Waals surface area contributed by atoms with E-state index in [1.165, 1.54) is 0 Å². The van der Waals surface area contributed by atoms with Crippen molar-refractivity contribution < 1.29 is 14.3 Å². The average molecular weight is 165 g/mol. The third-order valence-electron chi connectivity index (χ3n) is 1.18. The smallest absolute Gasteiger partial charge is 0.378 e. The first-order chi connectivity index (χ1) is 5.83. The van der Waals surface area contributed by atoms with E-state index >= 15 is 0 Å². The third-order valence-corrected chi connectivity index (χ3v) is 1.18. The molecule has 0 saturated heterocycles. The molecule has 0 fully saturated rings. The number of benzene rings is 1. The molecule has 0 heterocycles. The van der Waals surface area contributed by atoms with Gasteiger partial charge in [0.15, 0.2) is 0 Å². The second kappa shape index (κ2) is 4.12. The molecule has 0 aromatic heterocycles. The molecule has 1 N–H and O–H groups in total. The molecule has 0 spiro atoms. The predicted molar refractivity (Wildman–Crippen MR) is 42.6 cm³/mol. The normalized spacial score (nSPS) is 8.67. The number of para-hydroxylation sites is 1. The highest BCUT2D eigenvalue weighted by Crippen LogP contribution is 2.04. The van der Waals surface area contributed by atoms with Crippen molar-refractivity contribution in [1.29, 1.82) is 0 Å². The molecular formula is C8H7NO3. The van der Waals surface area contributed by atoms with Crippen LogP contribution in [0.1, 0.15) is 0 Å². The minimum atomic E-state index is -0.781. The van der Waals surface area contributed by atoms with Gasteiger partial charge in [0.25, 0.3) is 0 Å². The first kappa shape index (κ1) is 8.26. The van der Waals surface area contributed by atoms with Gasteiger partial charge in [0.2, 0.25) is 0 Å². The molecule has 0 saturated carbocycles. The Bertz CT molecular complexity index is 271. The van der Waals surface area contributed by atoms with Gasteiger partial charge in [-0.25, -0.2) is 4.79 Å². The van der Waals surface area contributed by atoms with Gasteiger partial charge in [-0.1, -0.05) is 18.2 Å². The monoisotopic (exact) mass is 165 g/mol. The van der Waals surface area contributed by atoms with Crippen LogP contribution in [0.2, 0.25) is 0 Å². The minimum absolute atomic E-state index is 0.0816. The fourth-order valence-corrected chi connectivity index (χ4v) is 0.712. The Morgan fingerprint density at radius 3 is 2.58 bits per heavy atom. The maximum atomic E-state index is 10.6. The lowest BCUT2D eigenvalue weighted by atomic mass is 10.3. The van der Waals surface area contributed by atoms with Gasteiger partial charge in [0, 0.05) is 5.69 Å². The summed E-state index contributed by atoms with van der Waals surface area (Å²) in [5.74, 6) is 0. The summed E-state index contributed by atoms with van der Waals surface area (Å²) in [5, 5.41) is 2.35. The van der Waals surface area contributed by atoms with Gasteiger partial charge in [-0.15, -0.1) is 0 Å². The standard InChI is InChI=1S/C8H7NO3/c10-6-12-8(11)9-7-4-2-1-3-5-7/h1-6H,(H,9,11). The summed E-state index contributed by atoms with van der Waals surface area (Å²) in [6.07, 6.45) is -0.781. The molecular weight excluding hydrogens is 158 g/mol. The van der Waals surface area contributed by atoms with Gasteiger partial charge >= 0.3 is 12.6 Å². The number of ether oxygens (including phenoxy) is 1. The summed E-state index contributed by atoms with van der Waals surface area (Å²) in [6.45, 7) is 0.0816. The van der Waals surface area contributed by atoms with Gasteiger partial charge in [0.1, 0.15) is 0 Å². The van der Waals surface area contributed by atoms with Crippen LogP contribution in [0.4, 0.5) is 10.5 Å². The predicted octanol–water partition coefficient (Wildman–Crippen LogP) is 1.39. The van der Waals surface area contributed by atoms with Crippen molar-refractivity contribution in [2.45, 2.75) is 0 Å². The van der Waals surface area contributed by atoms with Crippen molar-refractivity contribution >= 4 is 18.3 Å². The lowest BCUT2D eigenvalue weighted by Gasteiger charge is -2.00. The summed E-state index contributed by atoms with van der Waals surface area (Å²) in [5.41, 5.74) is 0.587. The number of nitrogens with one attached hydrogen (secondary N) is 1. The van der Waals surface area contributed by atoms with Crippen molar-refractivity contribution in [3.63, 3.8) is 0 Å². The highest BCUT2D eigenvalue weighted by Gasteiger charge is 1.99. The van der Waals surface area contributed by atoms with E-state index in [1.807, 2.05) is 6.07 Å². The van der Waals surface area contributed by atoms with Crippen molar-refractivity contribution in [3.05, 3.63) is 30.3 Å². The van der Waals surface area contributed by atoms with Gasteiger partial charge in [-0.2, -0.15) is 0 Å². The zero-order valence-corrected chi connectivity index (χ0v) is 6.19. The van der Waals surface area contributed by atoms with E-state index in [0.29, 0.717) is 5.69 Å². The second-order valence-corrected chi connectivity index (χ2v) is 1.99. The minimum Gasteiger partial charge on any atom is -0.378 e. The van der Waals surface area contributed by atoms with Crippen LogP contribution in [-0.2, 0) is 9.53 Å². The summed E-state index contributed by atoms with van der Waals surface area (Å²) in [7, 11) is 0. The maximum absolute atomic E-state index is 10.6. The number of rotatable bonds is 2. The molecule has 0 unspecified atom stereocenters. The fourth-order valence-electron chi connectivity index (χ4n) is 0.712. The lowest BCUT2D eigenvalue weighted by molar-refractivity contribution is -0.122. The first-order valence-electron chi connectivity index (χ1n) is 3.29. The Morgan fingerprint density at radius 1 is 1.33 bits per heavy atom. The van der Waals surface area contributed by atoms with Crippen molar-refractivity contribution in [2.24, 2.45) is 0 Å². The lowest BCUT2D eigenvalue weighted by Crippen LogP contribution is -2.12. The van der Waals surface area contributed by atoms with Gasteiger partial charge in [-0.05, 0) is 12.1 Å². The highest BCUT2D eigenvalue weighted by molar-refractivity contribution is 5.88. The Balaban J connectivity index is 2.52. The van der Waals surface area contributed by atoms with Crippen LogP contribution in [0, 0.1) is 0 Å². The maximum Gasteiger partial charge on any atom is 0.419 e. The molecule has 1 amide bonds. The van der Waals surface area contributed by atoms with Gasteiger partial charge < -0.3 is 4.74 Å².